The van der Waals surface area contributed by atoms with Gasteiger partial charge in [-0.05, 0) is 23.8 Å². The number of aromatic nitrogens is 2. The van der Waals surface area contributed by atoms with Gasteiger partial charge in [0.2, 0.25) is 5.95 Å². The van der Waals surface area contributed by atoms with E-state index in [0.29, 0.717) is 23.3 Å². The van der Waals surface area contributed by atoms with Crippen molar-refractivity contribution in [2.75, 3.05) is 12.4 Å². The van der Waals surface area contributed by atoms with Crippen molar-refractivity contribution in [3.05, 3.63) is 59.2 Å². The van der Waals surface area contributed by atoms with Crippen molar-refractivity contribution in [1.29, 1.82) is 0 Å². The van der Waals surface area contributed by atoms with E-state index in [1.54, 1.807) is 12.3 Å². The van der Waals surface area contributed by atoms with E-state index in [4.69, 9.17) is 36.1 Å². The fourth-order valence-electron chi connectivity index (χ4n) is 2.51. The number of phenolic OH excluding ortho intramolecular Hbond substituents is 1. The third-order valence-electron chi connectivity index (χ3n) is 4.05. The summed E-state index contributed by atoms with van der Waals surface area (Å²) in [6, 6.07) is 13.0. The first-order valence-corrected chi connectivity index (χ1v) is 8.95. The molecular formula is C20H20ClN3O6. The first-order chi connectivity index (χ1) is 14.2. The zero-order chi connectivity index (χ0) is 22.3. The molecule has 158 valence electrons. The second-order valence-electron chi connectivity index (χ2n) is 5.96. The standard InChI is InChI=1S/C18H18ClN3O2.C2H2O4/c1-22-15(12-6-8-14(19)9-7-12)11-21-18(22)20-10-13-4-3-5-16(24-2)17(13)23;3-1(4)2(5)6/h3-9,11,23H,10H2,1-2H3,(H,20,21);(H,3,4)(H,5,6). The van der Waals surface area contributed by atoms with Gasteiger partial charge in [0.25, 0.3) is 0 Å². The van der Waals surface area contributed by atoms with Crippen molar-refractivity contribution in [2.24, 2.45) is 7.05 Å². The number of benzene rings is 2. The Balaban J connectivity index is 0.000000469. The molecule has 0 aliphatic heterocycles. The van der Waals surface area contributed by atoms with Gasteiger partial charge >= 0.3 is 11.9 Å². The third kappa shape index (κ3) is 5.65. The number of phenols is 1. The fraction of sp³-hybridized carbons (Fsp3) is 0.150. The van der Waals surface area contributed by atoms with Crippen LogP contribution in [0.3, 0.4) is 0 Å². The van der Waals surface area contributed by atoms with Crippen LogP contribution in [0.25, 0.3) is 11.3 Å². The summed E-state index contributed by atoms with van der Waals surface area (Å²) in [5.41, 5.74) is 2.75. The molecular weight excluding hydrogens is 414 g/mol. The van der Waals surface area contributed by atoms with Crippen LogP contribution in [-0.2, 0) is 23.2 Å². The van der Waals surface area contributed by atoms with Crippen LogP contribution in [0.15, 0.2) is 48.7 Å². The molecule has 2 aromatic carbocycles. The number of hydrogen-bond donors (Lipinski definition) is 4. The molecule has 0 aliphatic rings. The lowest BCUT2D eigenvalue weighted by Gasteiger charge is -2.11. The van der Waals surface area contributed by atoms with Gasteiger partial charge in [-0.15, -0.1) is 0 Å². The van der Waals surface area contributed by atoms with Crippen molar-refractivity contribution < 1.29 is 29.6 Å². The summed E-state index contributed by atoms with van der Waals surface area (Å²) in [6.07, 6.45) is 1.80. The van der Waals surface area contributed by atoms with Gasteiger partial charge in [-0.2, -0.15) is 0 Å². The first kappa shape index (κ1) is 22.6. The SMILES string of the molecule is COc1cccc(CNc2ncc(-c3ccc(Cl)cc3)n2C)c1O.O=C(O)C(=O)O. The Morgan fingerprint density at radius 3 is 2.33 bits per heavy atom. The highest BCUT2D eigenvalue weighted by molar-refractivity contribution is 6.30. The number of halogens is 1. The van der Waals surface area contributed by atoms with Crippen LogP contribution in [0.4, 0.5) is 5.95 Å². The molecule has 0 atom stereocenters. The smallest absolute Gasteiger partial charge is 0.414 e. The fourth-order valence-corrected chi connectivity index (χ4v) is 2.64. The van der Waals surface area contributed by atoms with E-state index in [1.165, 1.54) is 7.11 Å². The summed E-state index contributed by atoms with van der Waals surface area (Å²) < 4.78 is 7.08. The van der Waals surface area contributed by atoms with Gasteiger partial charge in [0, 0.05) is 24.2 Å². The maximum atomic E-state index is 10.1. The predicted octanol–water partition coefficient (Wildman–Crippen LogP) is 3.22. The number of carboxylic acid groups (broad SMARTS) is 2. The van der Waals surface area contributed by atoms with Crippen molar-refractivity contribution in [2.45, 2.75) is 6.54 Å². The second-order valence-corrected chi connectivity index (χ2v) is 6.40. The van der Waals surface area contributed by atoms with Crippen LogP contribution < -0.4 is 10.1 Å². The Hall–Kier alpha value is -3.72. The minimum Gasteiger partial charge on any atom is -0.504 e. The molecule has 10 heteroatoms. The number of carboxylic acids is 2. The largest absolute Gasteiger partial charge is 0.504 e. The molecule has 0 fully saturated rings. The molecule has 0 bridgehead atoms. The van der Waals surface area contributed by atoms with E-state index < -0.39 is 11.9 Å². The highest BCUT2D eigenvalue weighted by Gasteiger charge is 2.11. The van der Waals surface area contributed by atoms with Crippen molar-refractivity contribution >= 4 is 29.5 Å². The molecule has 0 saturated carbocycles. The van der Waals surface area contributed by atoms with Gasteiger partial charge in [0.15, 0.2) is 11.5 Å². The molecule has 3 rings (SSSR count). The number of nitrogens with one attached hydrogen (secondary N) is 1. The summed E-state index contributed by atoms with van der Waals surface area (Å²) >= 11 is 5.93. The van der Waals surface area contributed by atoms with E-state index in [0.717, 1.165) is 16.8 Å². The number of carbonyl (C=O) groups is 2. The minimum atomic E-state index is -1.82. The molecule has 30 heavy (non-hydrogen) atoms. The Kier molecular flexibility index (Phi) is 7.65. The van der Waals surface area contributed by atoms with Crippen molar-refractivity contribution in [3.63, 3.8) is 0 Å². The molecule has 0 unspecified atom stereocenters. The van der Waals surface area contributed by atoms with E-state index in [2.05, 4.69) is 10.3 Å². The first-order valence-electron chi connectivity index (χ1n) is 8.57. The van der Waals surface area contributed by atoms with Crippen LogP contribution >= 0.6 is 11.6 Å². The third-order valence-corrected chi connectivity index (χ3v) is 4.30. The zero-order valence-electron chi connectivity index (χ0n) is 16.2. The van der Waals surface area contributed by atoms with Crippen LogP contribution in [0, 0.1) is 0 Å². The molecule has 1 heterocycles. The van der Waals surface area contributed by atoms with Gasteiger partial charge in [0.05, 0.1) is 19.0 Å². The van der Waals surface area contributed by atoms with E-state index in [-0.39, 0.29) is 5.75 Å². The molecule has 0 amide bonds. The molecule has 0 saturated heterocycles. The normalized spacial score (nSPS) is 9.97. The minimum absolute atomic E-state index is 0.139. The highest BCUT2D eigenvalue weighted by atomic mass is 35.5. The zero-order valence-corrected chi connectivity index (χ0v) is 16.9. The number of hydrogen-bond acceptors (Lipinski definition) is 6. The Labute approximate surface area is 177 Å². The summed E-state index contributed by atoms with van der Waals surface area (Å²) in [6.45, 7) is 0.438. The maximum Gasteiger partial charge on any atom is 0.414 e. The van der Waals surface area contributed by atoms with Gasteiger partial charge in [-0.1, -0.05) is 35.9 Å². The number of methoxy groups -OCH3 is 1. The number of ether oxygens (including phenoxy) is 1. The quantitative estimate of drug-likeness (QED) is 0.450. The van der Waals surface area contributed by atoms with E-state index >= 15 is 0 Å². The number of para-hydroxylation sites is 1. The molecule has 0 aliphatic carbocycles. The second kappa shape index (κ2) is 10.2. The lowest BCUT2D eigenvalue weighted by Crippen LogP contribution is -2.09. The van der Waals surface area contributed by atoms with E-state index in [1.807, 2.05) is 48.0 Å². The number of aromatic hydroxyl groups is 1. The number of anilines is 1. The predicted molar refractivity (Wildman–Crippen MR) is 111 cm³/mol. The number of aliphatic carboxylic acids is 2. The van der Waals surface area contributed by atoms with Gasteiger partial charge in [0.1, 0.15) is 0 Å². The van der Waals surface area contributed by atoms with Gasteiger partial charge in [-0.3, -0.25) is 0 Å². The van der Waals surface area contributed by atoms with Crippen molar-refractivity contribution in [1.82, 2.24) is 9.55 Å². The van der Waals surface area contributed by atoms with Crippen LogP contribution in [0.2, 0.25) is 5.02 Å². The maximum absolute atomic E-state index is 10.1. The van der Waals surface area contributed by atoms with Gasteiger partial charge in [-0.25, -0.2) is 14.6 Å². The molecule has 0 spiro atoms. The average Bonchev–Trinajstić information content (AvgIpc) is 3.08. The Morgan fingerprint density at radius 1 is 1.13 bits per heavy atom. The van der Waals surface area contributed by atoms with Crippen LogP contribution in [-0.4, -0.2) is 43.9 Å². The number of nitrogens with zero attached hydrogens (tertiary/aromatic N) is 2. The van der Waals surface area contributed by atoms with Crippen LogP contribution in [0.1, 0.15) is 5.56 Å². The van der Waals surface area contributed by atoms with Gasteiger partial charge < -0.3 is 29.9 Å². The molecule has 9 nitrogen and oxygen atoms in total. The molecule has 4 N–H and O–H groups in total. The summed E-state index contributed by atoms with van der Waals surface area (Å²) in [5, 5.41) is 28.9. The topological polar surface area (TPSA) is 134 Å². The molecule has 3 aromatic rings. The Morgan fingerprint density at radius 2 is 1.77 bits per heavy atom. The van der Waals surface area contributed by atoms with E-state index in [9.17, 15) is 5.11 Å². The molecule has 1 aromatic heterocycles. The highest BCUT2D eigenvalue weighted by Crippen LogP contribution is 2.30. The van der Waals surface area contributed by atoms with Crippen LogP contribution in [0.5, 0.6) is 11.5 Å². The Bertz CT molecular complexity index is 1020. The number of rotatable bonds is 5. The molecule has 0 radical (unpaired) electrons. The lowest BCUT2D eigenvalue weighted by atomic mass is 10.2. The summed E-state index contributed by atoms with van der Waals surface area (Å²) in [5.74, 6) is -2.34. The monoisotopic (exact) mass is 433 g/mol. The summed E-state index contributed by atoms with van der Waals surface area (Å²) in [4.78, 5) is 22.6. The van der Waals surface area contributed by atoms with Crippen molar-refractivity contribution in [3.8, 4) is 22.8 Å². The average molecular weight is 434 g/mol. The lowest BCUT2D eigenvalue weighted by molar-refractivity contribution is -0.159. The summed E-state index contributed by atoms with van der Waals surface area (Å²) in [7, 11) is 3.47. The number of imidazole rings is 1.